The van der Waals surface area contributed by atoms with Crippen LogP contribution in [0.4, 0.5) is 17.3 Å². The minimum Gasteiger partial charge on any atom is -0.384 e. The summed E-state index contributed by atoms with van der Waals surface area (Å²) >= 11 is 0. The Labute approximate surface area is 130 Å². The Hall–Kier alpha value is -2.37. The first-order valence-electron chi connectivity index (χ1n) is 7.84. The van der Waals surface area contributed by atoms with Gasteiger partial charge in [-0.05, 0) is 31.0 Å². The van der Waals surface area contributed by atoms with Gasteiger partial charge in [-0.1, -0.05) is 0 Å². The molecule has 6 nitrogen and oxygen atoms in total. The minimum absolute atomic E-state index is 0.566. The molecule has 1 aliphatic carbocycles. The first-order chi connectivity index (χ1) is 10.8. The zero-order valence-electron chi connectivity index (χ0n) is 12.5. The lowest BCUT2D eigenvalue weighted by molar-refractivity contribution is 0.644. The van der Waals surface area contributed by atoms with Crippen LogP contribution in [0.15, 0.2) is 30.6 Å². The van der Waals surface area contributed by atoms with Gasteiger partial charge in [-0.3, -0.25) is 0 Å². The molecule has 3 heterocycles. The highest BCUT2D eigenvalue weighted by Crippen LogP contribution is 2.38. The Bertz CT molecular complexity index is 644. The monoisotopic (exact) mass is 296 g/mol. The normalized spacial score (nSPS) is 18.5. The second kappa shape index (κ2) is 5.44. The fraction of sp³-hybridized carbons (Fsp3) is 0.438. The number of hydrogen-bond acceptors (Lipinski definition) is 6. The van der Waals surface area contributed by atoms with E-state index >= 15 is 0 Å². The van der Waals surface area contributed by atoms with E-state index in [0.717, 1.165) is 43.5 Å². The average Bonchev–Trinajstić information content (AvgIpc) is 3.41. The van der Waals surface area contributed by atoms with Crippen molar-refractivity contribution in [1.82, 2.24) is 15.0 Å². The van der Waals surface area contributed by atoms with E-state index < -0.39 is 0 Å². The van der Waals surface area contributed by atoms with Crippen LogP contribution in [0, 0.1) is 0 Å². The van der Waals surface area contributed by atoms with Crippen LogP contribution < -0.4 is 15.5 Å². The van der Waals surface area contributed by atoms with Gasteiger partial charge in [-0.25, -0.2) is 15.0 Å². The van der Waals surface area contributed by atoms with Crippen LogP contribution in [0.5, 0.6) is 0 Å². The van der Waals surface area contributed by atoms with E-state index in [-0.39, 0.29) is 0 Å². The summed E-state index contributed by atoms with van der Waals surface area (Å²) in [5.41, 5.74) is 6.78. The van der Waals surface area contributed by atoms with Crippen molar-refractivity contribution >= 4 is 17.3 Å². The SMILES string of the molecule is Nc1ccc(N2CCN(c3ccnc(C4CC4)n3)CC2)cn1. The van der Waals surface area contributed by atoms with E-state index in [1.807, 2.05) is 30.6 Å². The van der Waals surface area contributed by atoms with Gasteiger partial charge in [0.1, 0.15) is 17.5 Å². The zero-order valence-corrected chi connectivity index (χ0v) is 12.5. The summed E-state index contributed by atoms with van der Waals surface area (Å²) in [6.07, 6.45) is 6.22. The number of piperazine rings is 1. The predicted octanol–water partition coefficient (Wildman–Crippen LogP) is 1.66. The zero-order chi connectivity index (χ0) is 14.9. The third kappa shape index (κ3) is 2.68. The molecule has 0 atom stereocenters. The van der Waals surface area contributed by atoms with Crippen molar-refractivity contribution in [2.45, 2.75) is 18.8 Å². The molecule has 114 valence electrons. The van der Waals surface area contributed by atoms with Crippen molar-refractivity contribution in [1.29, 1.82) is 0 Å². The highest BCUT2D eigenvalue weighted by Gasteiger charge is 2.27. The average molecular weight is 296 g/mol. The van der Waals surface area contributed by atoms with Crippen molar-refractivity contribution in [2.24, 2.45) is 0 Å². The van der Waals surface area contributed by atoms with E-state index in [1.165, 1.54) is 12.8 Å². The summed E-state index contributed by atoms with van der Waals surface area (Å²) in [7, 11) is 0. The molecular weight excluding hydrogens is 276 g/mol. The maximum atomic E-state index is 5.65. The van der Waals surface area contributed by atoms with Gasteiger partial charge in [-0.2, -0.15) is 0 Å². The molecule has 2 N–H and O–H groups in total. The lowest BCUT2D eigenvalue weighted by Crippen LogP contribution is -2.47. The molecule has 1 saturated carbocycles. The molecule has 0 unspecified atom stereocenters. The molecule has 0 spiro atoms. The number of rotatable bonds is 3. The van der Waals surface area contributed by atoms with Crippen LogP contribution in [0.1, 0.15) is 24.6 Å². The summed E-state index contributed by atoms with van der Waals surface area (Å²) < 4.78 is 0. The van der Waals surface area contributed by atoms with Gasteiger partial charge >= 0.3 is 0 Å². The number of anilines is 3. The fourth-order valence-corrected chi connectivity index (χ4v) is 2.86. The van der Waals surface area contributed by atoms with Crippen molar-refractivity contribution in [3.05, 3.63) is 36.4 Å². The highest BCUT2D eigenvalue weighted by atomic mass is 15.3. The Balaban J connectivity index is 1.43. The van der Waals surface area contributed by atoms with Crippen LogP contribution in [0.25, 0.3) is 0 Å². The number of nitrogens with zero attached hydrogens (tertiary/aromatic N) is 5. The third-order valence-corrected chi connectivity index (χ3v) is 4.34. The van der Waals surface area contributed by atoms with Crippen LogP contribution in [0.3, 0.4) is 0 Å². The Kier molecular flexibility index (Phi) is 3.29. The van der Waals surface area contributed by atoms with Gasteiger partial charge in [-0.15, -0.1) is 0 Å². The summed E-state index contributed by atoms with van der Waals surface area (Å²) in [6, 6.07) is 5.91. The third-order valence-electron chi connectivity index (χ3n) is 4.34. The maximum absolute atomic E-state index is 5.65. The molecule has 4 rings (SSSR count). The summed E-state index contributed by atoms with van der Waals surface area (Å²) in [6.45, 7) is 3.86. The van der Waals surface area contributed by atoms with Crippen molar-refractivity contribution in [3.63, 3.8) is 0 Å². The number of aromatic nitrogens is 3. The van der Waals surface area contributed by atoms with Crippen LogP contribution in [0.2, 0.25) is 0 Å². The fourth-order valence-electron chi connectivity index (χ4n) is 2.86. The maximum Gasteiger partial charge on any atom is 0.133 e. The van der Waals surface area contributed by atoms with Gasteiger partial charge in [0, 0.05) is 38.3 Å². The first-order valence-corrected chi connectivity index (χ1v) is 7.84. The molecule has 0 aromatic carbocycles. The largest absolute Gasteiger partial charge is 0.384 e. The van der Waals surface area contributed by atoms with E-state index in [4.69, 9.17) is 10.7 Å². The quantitative estimate of drug-likeness (QED) is 0.929. The molecule has 0 amide bonds. The molecular formula is C16H20N6. The van der Waals surface area contributed by atoms with E-state index in [9.17, 15) is 0 Å². The number of nitrogen functional groups attached to an aromatic ring is 1. The van der Waals surface area contributed by atoms with Crippen molar-refractivity contribution in [2.75, 3.05) is 41.7 Å². The minimum atomic E-state index is 0.566. The van der Waals surface area contributed by atoms with Crippen LogP contribution in [-0.2, 0) is 0 Å². The summed E-state index contributed by atoms with van der Waals surface area (Å²) in [4.78, 5) is 18.0. The summed E-state index contributed by atoms with van der Waals surface area (Å²) in [5, 5.41) is 0. The first kappa shape index (κ1) is 13.3. The predicted molar refractivity (Wildman–Crippen MR) is 87.1 cm³/mol. The molecule has 6 heteroatoms. The second-order valence-corrected chi connectivity index (χ2v) is 5.96. The van der Waals surface area contributed by atoms with Crippen LogP contribution >= 0.6 is 0 Å². The molecule has 1 saturated heterocycles. The standard InChI is InChI=1S/C16H20N6/c17-14-4-3-13(11-19-14)21-7-9-22(10-8-21)15-5-6-18-16(20-15)12-1-2-12/h3-6,11-12H,1-2,7-10H2,(H2,17,19). The Morgan fingerprint density at radius 2 is 1.73 bits per heavy atom. The molecule has 2 aromatic rings. The van der Waals surface area contributed by atoms with Crippen LogP contribution in [-0.4, -0.2) is 41.1 Å². The van der Waals surface area contributed by atoms with Gasteiger partial charge < -0.3 is 15.5 Å². The van der Waals surface area contributed by atoms with Gasteiger partial charge in [0.15, 0.2) is 0 Å². The molecule has 2 aromatic heterocycles. The van der Waals surface area contributed by atoms with Gasteiger partial charge in [0.2, 0.25) is 0 Å². The molecule has 0 bridgehead atoms. The lowest BCUT2D eigenvalue weighted by Gasteiger charge is -2.36. The smallest absolute Gasteiger partial charge is 0.133 e. The number of nitrogens with two attached hydrogens (primary N) is 1. The molecule has 2 aliphatic rings. The van der Waals surface area contributed by atoms with Crippen molar-refractivity contribution in [3.8, 4) is 0 Å². The highest BCUT2D eigenvalue weighted by molar-refractivity contribution is 5.50. The van der Waals surface area contributed by atoms with Crippen molar-refractivity contribution < 1.29 is 0 Å². The van der Waals surface area contributed by atoms with Gasteiger partial charge in [0.05, 0.1) is 11.9 Å². The molecule has 0 radical (unpaired) electrons. The van der Waals surface area contributed by atoms with Gasteiger partial charge in [0.25, 0.3) is 0 Å². The summed E-state index contributed by atoms with van der Waals surface area (Å²) in [5.74, 6) is 3.24. The topological polar surface area (TPSA) is 71.2 Å². The molecule has 22 heavy (non-hydrogen) atoms. The van der Waals surface area contributed by atoms with E-state index in [0.29, 0.717) is 11.7 Å². The Morgan fingerprint density at radius 1 is 0.955 bits per heavy atom. The van der Waals surface area contributed by atoms with E-state index in [2.05, 4.69) is 19.8 Å². The lowest BCUT2D eigenvalue weighted by atomic mass is 10.2. The number of hydrogen-bond donors (Lipinski definition) is 1. The Morgan fingerprint density at radius 3 is 2.41 bits per heavy atom. The molecule has 1 aliphatic heterocycles. The second-order valence-electron chi connectivity index (χ2n) is 5.96. The number of pyridine rings is 1. The van der Waals surface area contributed by atoms with E-state index in [1.54, 1.807) is 0 Å². The molecule has 2 fully saturated rings.